The Kier molecular flexibility index (Phi) is 6.31. The fraction of sp³-hybridized carbons (Fsp3) is 0.565. The van der Waals surface area contributed by atoms with Gasteiger partial charge in [-0.05, 0) is 51.3 Å². The number of nitrogens with zero attached hydrogens (tertiary/aromatic N) is 4. The molecule has 1 aromatic heterocycles. The summed E-state index contributed by atoms with van der Waals surface area (Å²) in [5, 5.41) is 9.94. The molecule has 6 nitrogen and oxygen atoms in total. The van der Waals surface area contributed by atoms with Crippen LogP contribution in [0.15, 0.2) is 24.3 Å². The number of rotatable bonds is 3. The molecule has 2 aliphatic heterocycles. The molecule has 174 valence electrons. The van der Waals surface area contributed by atoms with Crippen molar-refractivity contribution < 1.29 is 23.1 Å². The number of benzene rings is 1. The van der Waals surface area contributed by atoms with Crippen molar-refractivity contribution in [1.82, 2.24) is 19.4 Å². The van der Waals surface area contributed by atoms with Gasteiger partial charge < -0.3 is 14.6 Å². The standard InChI is InChI=1S/C23H29F3N4O2/c1-15-20(28(2)21(27-15)16-5-3-6-17(13-16)23(24,25)26)22(32)29-11-8-18(9-12-29)30-10-4-7-19(31)14-30/h3,5-6,13,18-19,31H,4,7-12,14H2,1-2H3. The molecule has 1 atom stereocenters. The van der Waals surface area contributed by atoms with Crippen LogP contribution < -0.4 is 0 Å². The van der Waals surface area contributed by atoms with Crippen LogP contribution in [-0.4, -0.2) is 68.7 Å². The molecule has 2 fully saturated rings. The summed E-state index contributed by atoms with van der Waals surface area (Å²) < 4.78 is 41.0. The van der Waals surface area contributed by atoms with Crippen LogP contribution in [0.25, 0.3) is 11.4 Å². The molecule has 1 unspecified atom stereocenters. The maximum absolute atomic E-state index is 13.3. The van der Waals surface area contributed by atoms with E-state index < -0.39 is 11.7 Å². The van der Waals surface area contributed by atoms with E-state index in [4.69, 9.17) is 0 Å². The van der Waals surface area contributed by atoms with Crippen LogP contribution in [0.1, 0.15) is 47.4 Å². The molecule has 3 heterocycles. The number of aromatic nitrogens is 2. The SMILES string of the molecule is Cc1nc(-c2cccc(C(F)(F)F)c2)n(C)c1C(=O)N1CCC(N2CCCC(O)C2)CC1. The summed E-state index contributed by atoms with van der Waals surface area (Å²) in [6.07, 6.45) is -1.18. The Labute approximate surface area is 185 Å². The van der Waals surface area contributed by atoms with Crippen LogP contribution in [0, 0.1) is 6.92 Å². The van der Waals surface area contributed by atoms with E-state index in [1.54, 1.807) is 29.5 Å². The number of piperidine rings is 2. The van der Waals surface area contributed by atoms with Gasteiger partial charge in [0.1, 0.15) is 11.5 Å². The number of alkyl halides is 3. The van der Waals surface area contributed by atoms with E-state index in [1.807, 2.05) is 0 Å². The second-order valence-electron chi connectivity index (χ2n) is 8.82. The van der Waals surface area contributed by atoms with Gasteiger partial charge in [-0.15, -0.1) is 0 Å². The predicted molar refractivity (Wildman–Crippen MR) is 114 cm³/mol. The van der Waals surface area contributed by atoms with E-state index in [0.717, 1.165) is 44.4 Å². The van der Waals surface area contributed by atoms with Crippen molar-refractivity contribution >= 4 is 5.91 Å². The van der Waals surface area contributed by atoms with Gasteiger partial charge in [0, 0.05) is 38.3 Å². The van der Waals surface area contributed by atoms with Crippen LogP contribution in [0.2, 0.25) is 0 Å². The second-order valence-corrected chi connectivity index (χ2v) is 8.82. The Balaban J connectivity index is 1.49. The number of carbonyl (C=O) groups is 1. The number of likely N-dealkylation sites (tertiary alicyclic amines) is 2. The summed E-state index contributed by atoms with van der Waals surface area (Å²) in [5.74, 6) is 0.196. The topological polar surface area (TPSA) is 61.6 Å². The first-order valence-corrected chi connectivity index (χ1v) is 11.1. The second kappa shape index (κ2) is 8.86. The summed E-state index contributed by atoms with van der Waals surface area (Å²) >= 11 is 0. The van der Waals surface area contributed by atoms with Crippen molar-refractivity contribution in [3.05, 3.63) is 41.2 Å². The van der Waals surface area contributed by atoms with E-state index in [-0.39, 0.29) is 12.0 Å². The van der Waals surface area contributed by atoms with E-state index >= 15 is 0 Å². The average molecular weight is 451 g/mol. The van der Waals surface area contributed by atoms with Crippen LogP contribution >= 0.6 is 0 Å². The summed E-state index contributed by atoms with van der Waals surface area (Å²) in [6.45, 7) is 4.61. The van der Waals surface area contributed by atoms with Gasteiger partial charge in [-0.1, -0.05) is 12.1 Å². The van der Waals surface area contributed by atoms with Crippen molar-refractivity contribution in [2.24, 2.45) is 7.05 Å². The fourth-order valence-electron chi connectivity index (χ4n) is 4.93. The van der Waals surface area contributed by atoms with Crippen molar-refractivity contribution in [3.8, 4) is 11.4 Å². The first kappa shape index (κ1) is 22.8. The lowest BCUT2D eigenvalue weighted by Gasteiger charge is -2.41. The molecule has 0 spiro atoms. The predicted octanol–water partition coefficient (Wildman–Crippen LogP) is 3.48. The van der Waals surface area contributed by atoms with E-state index in [1.165, 1.54) is 6.07 Å². The van der Waals surface area contributed by atoms with Crippen molar-refractivity contribution in [2.75, 3.05) is 26.2 Å². The third-order valence-corrected chi connectivity index (χ3v) is 6.62. The molecule has 0 radical (unpaired) electrons. The normalized spacial score (nSPS) is 21.2. The maximum Gasteiger partial charge on any atom is 0.416 e. The summed E-state index contributed by atoms with van der Waals surface area (Å²) in [7, 11) is 1.67. The highest BCUT2D eigenvalue weighted by atomic mass is 19.4. The van der Waals surface area contributed by atoms with Crippen molar-refractivity contribution in [1.29, 1.82) is 0 Å². The lowest BCUT2D eigenvalue weighted by atomic mass is 9.98. The van der Waals surface area contributed by atoms with Gasteiger partial charge in [-0.3, -0.25) is 9.69 Å². The van der Waals surface area contributed by atoms with Gasteiger partial charge in [0.15, 0.2) is 0 Å². The number of aliphatic hydroxyl groups excluding tert-OH is 1. The van der Waals surface area contributed by atoms with Crippen LogP contribution in [0.4, 0.5) is 13.2 Å². The monoisotopic (exact) mass is 450 g/mol. The zero-order chi connectivity index (χ0) is 23.0. The zero-order valence-electron chi connectivity index (χ0n) is 18.4. The Morgan fingerprint density at radius 1 is 1.16 bits per heavy atom. The molecule has 9 heteroatoms. The molecule has 1 N–H and O–H groups in total. The Morgan fingerprint density at radius 2 is 1.88 bits per heavy atom. The Morgan fingerprint density at radius 3 is 2.53 bits per heavy atom. The van der Waals surface area contributed by atoms with Gasteiger partial charge in [0.05, 0.1) is 17.4 Å². The number of aryl methyl sites for hydroxylation is 1. The van der Waals surface area contributed by atoms with E-state index in [0.29, 0.717) is 48.5 Å². The number of β-amino-alcohol motifs (C(OH)–C–C–N with tert-alkyl or cyclic N) is 1. The van der Waals surface area contributed by atoms with Crippen LogP contribution in [0.5, 0.6) is 0 Å². The minimum Gasteiger partial charge on any atom is -0.392 e. The van der Waals surface area contributed by atoms with Gasteiger partial charge >= 0.3 is 6.18 Å². The molecule has 0 bridgehead atoms. The number of amides is 1. The molecule has 1 aromatic carbocycles. The van der Waals surface area contributed by atoms with Gasteiger partial charge in [-0.25, -0.2) is 4.98 Å². The molecule has 4 rings (SSSR count). The minimum atomic E-state index is -4.44. The molecule has 0 saturated carbocycles. The number of halogens is 3. The quantitative estimate of drug-likeness (QED) is 0.778. The first-order valence-electron chi connectivity index (χ1n) is 11.1. The highest BCUT2D eigenvalue weighted by molar-refractivity contribution is 5.94. The average Bonchev–Trinajstić information content (AvgIpc) is 3.07. The Hall–Kier alpha value is -2.39. The number of aliphatic hydroxyl groups is 1. The number of hydrogen-bond acceptors (Lipinski definition) is 4. The molecular formula is C23H29F3N4O2. The smallest absolute Gasteiger partial charge is 0.392 e. The fourth-order valence-corrected chi connectivity index (χ4v) is 4.93. The van der Waals surface area contributed by atoms with Crippen molar-refractivity contribution in [3.63, 3.8) is 0 Å². The molecule has 2 saturated heterocycles. The molecule has 2 aliphatic rings. The lowest BCUT2D eigenvalue weighted by Crippen LogP contribution is -2.50. The third kappa shape index (κ3) is 4.54. The minimum absolute atomic E-state index is 0.146. The highest BCUT2D eigenvalue weighted by Gasteiger charge is 2.33. The highest BCUT2D eigenvalue weighted by Crippen LogP contribution is 2.32. The van der Waals surface area contributed by atoms with Gasteiger partial charge in [-0.2, -0.15) is 13.2 Å². The largest absolute Gasteiger partial charge is 0.416 e. The molecule has 0 aliphatic carbocycles. The molecule has 1 amide bonds. The molecular weight excluding hydrogens is 421 g/mol. The van der Waals surface area contributed by atoms with Crippen molar-refractivity contribution in [2.45, 2.75) is 50.9 Å². The number of carbonyl (C=O) groups excluding carboxylic acids is 1. The van der Waals surface area contributed by atoms with Crippen LogP contribution in [-0.2, 0) is 13.2 Å². The van der Waals surface area contributed by atoms with E-state index in [2.05, 4.69) is 9.88 Å². The third-order valence-electron chi connectivity index (χ3n) is 6.62. The Bertz CT molecular complexity index is 980. The van der Waals surface area contributed by atoms with Crippen LogP contribution in [0.3, 0.4) is 0 Å². The number of imidazole rings is 1. The lowest BCUT2D eigenvalue weighted by molar-refractivity contribution is -0.137. The maximum atomic E-state index is 13.3. The summed E-state index contributed by atoms with van der Waals surface area (Å²) in [6, 6.07) is 5.38. The van der Waals surface area contributed by atoms with E-state index in [9.17, 15) is 23.1 Å². The molecule has 2 aromatic rings. The van der Waals surface area contributed by atoms with Gasteiger partial charge in [0.25, 0.3) is 5.91 Å². The molecule has 32 heavy (non-hydrogen) atoms. The zero-order valence-corrected chi connectivity index (χ0v) is 18.4. The first-order chi connectivity index (χ1) is 15.1. The van der Waals surface area contributed by atoms with Gasteiger partial charge in [0.2, 0.25) is 0 Å². The summed E-state index contributed by atoms with van der Waals surface area (Å²) in [5.41, 5.74) is 0.496. The number of hydrogen-bond donors (Lipinski definition) is 1. The summed E-state index contributed by atoms with van der Waals surface area (Å²) in [4.78, 5) is 21.8.